The summed E-state index contributed by atoms with van der Waals surface area (Å²) < 4.78 is 0. The van der Waals surface area contributed by atoms with E-state index >= 15 is 0 Å². The number of rotatable bonds is 1. The summed E-state index contributed by atoms with van der Waals surface area (Å²) in [6.07, 6.45) is 8.05. The molecular formula is C11H9Y-. The van der Waals surface area contributed by atoms with Gasteiger partial charge in [-0.1, -0.05) is 18.9 Å². The van der Waals surface area contributed by atoms with E-state index in [-0.39, 0.29) is 32.7 Å². The summed E-state index contributed by atoms with van der Waals surface area (Å²) in [6.45, 7) is 5.58. The fourth-order valence-electron chi connectivity index (χ4n) is 0.902. The summed E-state index contributed by atoms with van der Waals surface area (Å²) in [5, 5.41) is 0. The second-order valence-electron chi connectivity index (χ2n) is 2.35. The van der Waals surface area contributed by atoms with Crippen molar-refractivity contribution in [3.63, 3.8) is 0 Å². The quantitative estimate of drug-likeness (QED) is 0.513. The van der Waals surface area contributed by atoms with Crippen molar-refractivity contribution < 1.29 is 32.7 Å². The maximum Gasteiger partial charge on any atom is 0 e. The third-order valence-electron chi connectivity index (χ3n) is 1.59. The molecule has 0 amide bonds. The zero-order chi connectivity index (χ0) is 8.27. The fourth-order valence-corrected chi connectivity index (χ4v) is 0.902. The van der Waals surface area contributed by atoms with Crippen LogP contribution in [-0.4, -0.2) is 0 Å². The van der Waals surface area contributed by atoms with Crippen molar-refractivity contribution in [3.8, 4) is 12.3 Å². The van der Waals surface area contributed by atoms with Crippen molar-refractivity contribution in [3.05, 3.63) is 47.5 Å². The predicted molar refractivity (Wildman–Crippen MR) is 47.1 cm³/mol. The van der Waals surface area contributed by atoms with E-state index in [1.54, 1.807) is 0 Å². The Labute approximate surface area is 98.9 Å². The summed E-state index contributed by atoms with van der Waals surface area (Å²) in [7, 11) is 0. The number of hydrogen-bond donors (Lipinski definition) is 0. The number of aryl methyl sites for hydroxylation is 1. The molecule has 1 aromatic carbocycles. The molecule has 0 saturated carbocycles. The first-order chi connectivity index (χ1) is 5.27. The predicted octanol–water partition coefficient (Wildman–Crippen LogP) is 2.31. The van der Waals surface area contributed by atoms with E-state index in [0.717, 1.165) is 16.7 Å². The van der Waals surface area contributed by atoms with Crippen molar-refractivity contribution in [2.45, 2.75) is 6.92 Å². The maximum atomic E-state index is 5.23. The van der Waals surface area contributed by atoms with E-state index in [1.807, 2.05) is 25.1 Å². The van der Waals surface area contributed by atoms with Crippen LogP contribution in [0.1, 0.15) is 16.7 Å². The first-order valence-electron chi connectivity index (χ1n) is 3.38. The van der Waals surface area contributed by atoms with Gasteiger partial charge in [-0.3, -0.25) is 0 Å². The minimum atomic E-state index is 0. The Morgan fingerprint density at radius 2 is 2.17 bits per heavy atom. The molecule has 0 aliphatic rings. The van der Waals surface area contributed by atoms with Crippen molar-refractivity contribution >= 4 is 0 Å². The van der Waals surface area contributed by atoms with Crippen molar-refractivity contribution in [2.75, 3.05) is 0 Å². The molecule has 12 heavy (non-hydrogen) atoms. The molecule has 0 unspecified atom stereocenters. The molecule has 57 valence electrons. The van der Waals surface area contributed by atoms with Crippen molar-refractivity contribution in [2.24, 2.45) is 0 Å². The van der Waals surface area contributed by atoms with Gasteiger partial charge in [0.05, 0.1) is 0 Å². The van der Waals surface area contributed by atoms with E-state index in [2.05, 4.69) is 18.6 Å². The van der Waals surface area contributed by atoms with Crippen LogP contribution in [-0.2, 0) is 32.7 Å². The molecule has 0 heterocycles. The topological polar surface area (TPSA) is 0 Å². The minimum absolute atomic E-state index is 0. The Bertz CT molecular complexity index is 318. The van der Waals surface area contributed by atoms with E-state index in [0.29, 0.717) is 0 Å². The van der Waals surface area contributed by atoms with Gasteiger partial charge >= 0.3 is 0 Å². The van der Waals surface area contributed by atoms with E-state index in [9.17, 15) is 0 Å². The summed E-state index contributed by atoms with van der Waals surface area (Å²) in [5.41, 5.74) is 3.02. The molecule has 0 nitrogen and oxygen atoms in total. The third kappa shape index (κ3) is 2.59. The molecule has 0 spiro atoms. The Balaban J connectivity index is 0.00000121. The van der Waals surface area contributed by atoms with Crippen LogP contribution in [0, 0.1) is 25.3 Å². The monoisotopic (exact) mass is 230 g/mol. The van der Waals surface area contributed by atoms with Crippen LogP contribution < -0.4 is 0 Å². The second-order valence-corrected chi connectivity index (χ2v) is 2.35. The van der Waals surface area contributed by atoms with Gasteiger partial charge in [0.25, 0.3) is 0 Å². The van der Waals surface area contributed by atoms with Gasteiger partial charge in [0, 0.05) is 32.7 Å². The van der Waals surface area contributed by atoms with Crippen LogP contribution in [0.2, 0.25) is 0 Å². The molecule has 0 N–H and O–H groups in total. The zero-order valence-electron chi connectivity index (χ0n) is 7.09. The molecule has 0 aliphatic heterocycles. The largest absolute Gasteiger partial charge is 0.189 e. The van der Waals surface area contributed by atoms with Crippen LogP contribution in [0.25, 0.3) is 0 Å². The third-order valence-corrected chi connectivity index (χ3v) is 1.59. The average molecular weight is 230 g/mol. The molecule has 0 bridgehead atoms. The Morgan fingerprint density at radius 1 is 1.50 bits per heavy atom. The van der Waals surface area contributed by atoms with Crippen LogP contribution >= 0.6 is 0 Å². The maximum absolute atomic E-state index is 5.23. The Kier molecular flexibility index (Phi) is 5.14. The molecule has 1 aromatic rings. The Hall–Kier alpha value is -0.376. The normalized spacial score (nSPS) is 8.00. The van der Waals surface area contributed by atoms with Crippen LogP contribution in [0.5, 0.6) is 0 Å². The van der Waals surface area contributed by atoms with Gasteiger partial charge in [0.1, 0.15) is 0 Å². The molecule has 0 aliphatic carbocycles. The number of benzene rings is 1. The van der Waals surface area contributed by atoms with E-state index in [1.165, 1.54) is 0 Å². The first kappa shape index (κ1) is 11.6. The Morgan fingerprint density at radius 3 is 2.67 bits per heavy atom. The number of hydrogen-bond acceptors (Lipinski definition) is 0. The summed E-state index contributed by atoms with van der Waals surface area (Å²) in [5.74, 6) is 2.56. The number of terminal acetylenes is 1. The molecule has 1 heteroatoms. The van der Waals surface area contributed by atoms with Gasteiger partial charge in [-0.05, 0) is 5.56 Å². The van der Waals surface area contributed by atoms with Gasteiger partial charge in [0.15, 0.2) is 0 Å². The molecule has 1 radical (unpaired) electrons. The van der Waals surface area contributed by atoms with Crippen molar-refractivity contribution in [1.82, 2.24) is 0 Å². The average Bonchev–Trinajstić information content (AvgIpc) is 2.05. The summed E-state index contributed by atoms with van der Waals surface area (Å²) >= 11 is 0. The van der Waals surface area contributed by atoms with Crippen molar-refractivity contribution in [1.29, 1.82) is 0 Å². The molecule has 0 atom stereocenters. The molecule has 1 rings (SSSR count). The fraction of sp³-hybridized carbons (Fsp3) is 0.0909. The van der Waals surface area contributed by atoms with Crippen LogP contribution in [0.15, 0.2) is 24.8 Å². The van der Waals surface area contributed by atoms with Gasteiger partial charge in [-0.15, -0.1) is 18.6 Å². The SMILES string of the molecule is C#Cc1ccc(C)c([C-]=C)c1.[Y]. The van der Waals surface area contributed by atoms with Gasteiger partial charge in [0.2, 0.25) is 0 Å². The standard InChI is InChI=1S/C11H9.Y/c1-4-10-7-6-9(3)11(5-2)8-10;/h1,6-8H,2H2,3H3;/q-1;. The van der Waals surface area contributed by atoms with Gasteiger partial charge in [-0.2, -0.15) is 23.8 Å². The van der Waals surface area contributed by atoms with E-state index in [4.69, 9.17) is 6.42 Å². The van der Waals surface area contributed by atoms with E-state index < -0.39 is 0 Å². The molecular weight excluding hydrogens is 221 g/mol. The van der Waals surface area contributed by atoms with Crippen LogP contribution in [0.3, 0.4) is 0 Å². The second kappa shape index (κ2) is 5.30. The van der Waals surface area contributed by atoms with Gasteiger partial charge in [-0.25, -0.2) is 0 Å². The zero-order valence-corrected chi connectivity index (χ0v) is 9.93. The smallest absolute Gasteiger partial charge is 0 e. The first-order valence-corrected chi connectivity index (χ1v) is 3.38. The summed E-state index contributed by atoms with van der Waals surface area (Å²) in [4.78, 5) is 0. The minimum Gasteiger partial charge on any atom is -0.189 e. The molecule has 0 fully saturated rings. The molecule has 0 saturated heterocycles. The van der Waals surface area contributed by atoms with Gasteiger partial charge < -0.3 is 0 Å². The molecule has 0 aromatic heterocycles. The van der Waals surface area contributed by atoms with Crippen LogP contribution in [0.4, 0.5) is 0 Å². The summed E-state index contributed by atoms with van der Waals surface area (Å²) in [6, 6.07) is 5.79.